The number of amides is 3. The molecule has 0 radical (unpaired) electrons. The second-order valence-electron chi connectivity index (χ2n) is 11.7. The van der Waals surface area contributed by atoms with Gasteiger partial charge in [0.05, 0.1) is 24.0 Å². The van der Waals surface area contributed by atoms with Gasteiger partial charge < -0.3 is 29.4 Å². The molecule has 0 aliphatic rings. The summed E-state index contributed by atoms with van der Waals surface area (Å²) in [7, 11) is 6.21. The third-order valence-electron chi connectivity index (χ3n) is 6.77. The van der Waals surface area contributed by atoms with Crippen LogP contribution in [-0.2, 0) is 27.3 Å². The summed E-state index contributed by atoms with van der Waals surface area (Å²) in [5, 5.41) is 2.61. The van der Waals surface area contributed by atoms with Crippen LogP contribution in [0, 0.1) is 11.7 Å². The van der Waals surface area contributed by atoms with Crippen LogP contribution in [0.1, 0.15) is 63.7 Å². The summed E-state index contributed by atoms with van der Waals surface area (Å²) < 4.78 is 21.5. The third-order valence-corrected chi connectivity index (χ3v) is 6.77. The van der Waals surface area contributed by atoms with Gasteiger partial charge in [-0.1, -0.05) is 33.8 Å². The monoisotopic (exact) mass is 611 g/mol. The van der Waals surface area contributed by atoms with Crippen molar-refractivity contribution < 1.29 is 23.5 Å². The smallest absolute Gasteiger partial charge is 0.410 e. The lowest BCUT2D eigenvalue weighted by molar-refractivity contribution is -0.125. The number of likely N-dealkylation sites (N-methyl/N-ethyl adjacent to an activating group) is 1. The first-order valence-corrected chi connectivity index (χ1v) is 14.5. The van der Waals surface area contributed by atoms with E-state index in [1.54, 1.807) is 26.2 Å². The summed E-state index contributed by atoms with van der Waals surface area (Å²) in [5.74, 6) is -0.883. The van der Waals surface area contributed by atoms with Crippen LogP contribution >= 0.6 is 0 Å². The second-order valence-corrected chi connectivity index (χ2v) is 11.7. The highest BCUT2D eigenvalue weighted by Crippen LogP contribution is 2.22. The highest BCUT2D eigenvalue weighted by molar-refractivity contribution is 5.95. The minimum absolute atomic E-state index is 0.00492. The van der Waals surface area contributed by atoms with Crippen LogP contribution < -0.4 is 10.9 Å². The van der Waals surface area contributed by atoms with Gasteiger partial charge in [-0.25, -0.2) is 14.2 Å². The number of aromatic nitrogens is 4. The zero-order valence-corrected chi connectivity index (χ0v) is 26.6. The molecular formula is C31H42FN7O5. The van der Waals surface area contributed by atoms with Crippen molar-refractivity contribution in [3.05, 3.63) is 63.9 Å². The first-order valence-electron chi connectivity index (χ1n) is 14.5. The molecule has 3 aromatic heterocycles. The number of H-pyrrole nitrogens is 1. The van der Waals surface area contributed by atoms with Crippen molar-refractivity contribution in [2.24, 2.45) is 5.92 Å². The number of carbonyl (C=O) groups is 3. The fourth-order valence-electron chi connectivity index (χ4n) is 4.45. The summed E-state index contributed by atoms with van der Waals surface area (Å²) in [6, 6.07) is 3.24. The zero-order chi connectivity index (χ0) is 32.7. The number of aromatic amines is 1. The molecule has 0 saturated heterocycles. The Morgan fingerprint density at radius 2 is 1.82 bits per heavy atom. The molecule has 1 atom stereocenters. The number of carbonyl (C=O) groups excluding carboxylic acids is 3. The molecule has 3 rings (SSSR count). The summed E-state index contributed by atoms with van der Waals surface area (Å²) in [4.78, 5) is 65.6. The van der Waals surface area contributed by atoms with Gasteiger partial charge in [0.25, 0.3) is 11.5 Å². The highest BCUT2D eigenvalue weighted by Gasteiger charge is 2.25. The molecule has 0 spiro atoms. The molecule has 0 aliphatic carbocycles. The topological polar surface area (TPSA) is 143 Å². The maximum atomic E-state index is 14.6. The van der Waals surface area contributed by atoms with E-state index in [0.717, 1.165) is 6.20 Å². The van der Waals surface area contributed by atoms with Crippen LogP contribution in [-0.4, -0.2) is 81.5 Å². The maximum absolute atomic E-state index is 14.6. The zero-order valence-electron chi connectivity index (χ0n) is 26.6. The number of nitrogens with zero attached hydrogens (tertiary/aromatic N) is 5. The SMILES string of the molecule is CC(C)Cc1ncc(F)c2nc(Cn3c(C(C)C)ccc(NC(=O)C(CC/C=C/C(=O)N(C)C)OC(=O)N(C)C)c3=O)[nH]c12. The minimum Gasteiger partial charge on any atom is -0.436 e. The van der Waals surface area contributed by atoms with Crippen molar-refractivity contribution in [3.63, 3.8) is 0 Å². The van der Waals surface area contributed by atoms with Gasteiger partial charge in [-0.05, 0) is 49.3 Å². The van der Waals surface area contributed by atoms with E-state index in [0.29, 0.717) is 29.1 Å². The molecule has 0 fully saturated rings. The van der Waals surface area contributed by atoms with E-state index in [-0.39, 0.29) is 48.3 Å². The van der Waals surface area contributed by atoms with Crippen LogP contribution in [0.15, 0.2) is 35.3 Å². The van der Waals surface area contributed by atoms with E-state index < -0.39 is 29.5 Å². The highest BCUT2D eigenvalue weighted by atomic mass is 19.1. The van der Waals surface area contributed by atoms with Gasteiger partial charge >= 0.3 is 6.09 Å². The average Bonchev–Trinajstić information content (AvgIpc) is 3.38. The van der Waals surface area contributed by atoms with Crippen LogP contribution in [0.25, 0.3) is 11.0 Å². The number of fused-ring (bicyclic) bond motifs is 1. The quantitative estimate of drug-likeness (QED) is 0.294. The van der Waals surface area contributed by atoms with Crippen LogP contribution in [0.5, 0.6) is 0 Å². The summed E-state index contributed by atoms with van der Waals surface area (Å²) in [5.41, 5.74) is 1.49. The lowest BCUT2D eigenvalue weighted by atomic mass is 10.1. The fourth-order valence-corrected chi connectivity index (χ4v) is 4.45. The summed E-state index contributed by atoms with van der Waals surface area (Å²) in [6.45, 7) is 7.93. The number of allylic oxidation sites excluding steroid dienone is 1. The van der Waals surface area contributed by atoms with Gasteiger partial charge in [0.2, 0.25) is 5.91 Å². The Bertz CT molecular complexity index is 1590. The standard InChI is InChI=1S/C31H42FN7O5/c1-18(2)15-22-28-27(20(32)16-33-22)35-25(36-28)17-39-23(19(3)4)14-13-21(30(39)42)34-29(41)24(44-31(43)38(7)8)11-9-10-12-26(40)37(5)6/h10,12-14,16,18-19,24H,9,11,15,17H2,1-8H3,(H,34,41)(H,35,36)/b12-10+. The Labute approximate surface area is 256 Å². The molecule has 0 aromatic carbocycles. The van der Waals surface area contributed by atoms with Gasteiger partial charge in [0.15, 0.2) is 11.9 Å². The number of hydrogen-bond donors (Lipinski definition) is 2. The molecule has 0 bridgehead atoms. The van der Waals surface area contributed by atoms with Crippen molar-refractivity contribution in [2.45, 2.75) is 65.5 Å². The lowest BCUT2D eigenvalue weighted by Gasteiger charge is -2.20. The number of halogens is 1. The fraction of sp³-hybridized carbons (Fsp3) is 0.484. The first kappa shape index (κ1) is 33.9. The van der Waals surface area contributed by atoms with Gasteiger partial charge in [-0.15, -0.1) is 0 Å². The average molecular weight is 612 g/mol. The Morgan fingerprint density at radius 1 is 1.11 bits per heavy atom. The van der Waals surface area contributed by atoms with Crippen LogP contribution in [0.4, 0.5) is 14.9 Å². The van der Waals surface area contributed by atoms with Crippen molar-refractivity contribution in [2.75, 3.05) is 33.5 Å². The van der Waals surface area contributed by atoms with Crippen molar-refractivity contribution >= 4 is 34.6 Å². The van der Waals surface area contributed by atoms with E-state index in [2.05, 4.69) is 20.3 Å². The van der Waals surface area contributed by atoms with E-state index in [9.17, 15) is 23.6 Å². The number of ether oxygens (including phenoxy) is 1. The molecule has 2 N–H and O–H groups in total. The molecule has 3 aromatic rings. The molecule has 0 saturated carbocycles. The van der Waals surface area contributed by atoms with E-state index in [4.69, 9.17) is 4.74 Å². The van der Waals surface area contributed by atoms with Gasteiger partial charge in [-0.3, -0.25) is 19.4 Å². The normalized spacial score (nSPS) is 12.2. The predicted molar refractivity (Wildman–Crippen MR) is 166 cm³/mol. The maximum Gasteiger partial charge on any atom is 0.410 e. The predicted octanol–water partition coefficient (Wildman–Crippen LogP) is 4.06. The molecular weight excluding hydrogens is 569 g/mol. The molecule has 13 heteroatoms. The first-order chi connectivity index (χ1) is 20.7. The Balaban J connectivity index is 1.92. The van der Waals surface area contributed by atoms with Crippen molar-refractivity contribution in [1.29, 1.82) is 0 Å². The van der Waals surface area contributed by atoms with E-state index in [1.165, 1.54) is 40.6 Å². The molecule has 238 valence electrons. The molecule has 12 nitrogen and oxygen atoms in total. The van der Waals surface area contributed by atoms with Gasteiger partial charge in [-0.2, -0.15) is 0 Å². The lowest BCUT2D eigenvalue weighted by Crippen LogP contribution is -2.38. The minimum atomic E-state index is -1.23. The van der Waals surface area contributed by atoms with Crippen molar-refractivity contribution in [1.82, 2.24) is 29.3 Å². The Hall–Kier alpha value is -4.55. The molecule has 0 aliphatic heterocycles. The Kier molecular flexibility index (Phi) is 11.4. The Morgan fingerprint density at radius 3 is 2.43 bits per heavy atom. The number of rotatable bonds is 12. The second kappa shape index (κ2) is 14.8. The molecule has 3 heterocycles. The van der Waals surface area contributed by atoms with E-state index >= 15 is 0 Å². The molecule has 1 unspecified atom stereocenters. The number of imidazole rings is 1. The number of nitrogens with one attached hydrogen (secondary N) is 2. The van der Waals surface area contributed by atoms with Crippen molar-refractivity contribution in [3.8, 4) is 0 Å². The number of anilines is 1. The van der Waals surface area contributed by atoms with Gasteiger partial charge in [0, 0.05) is 33.9 Å². The summed E-state index contributed by atoms with van der Waals surface area (Å²) >= 11 is 0. The van der Waals surface area contributed by atoms with E-state index in [1.807, 2.05) is 27.7 Å². The summed E-state index contributed by atoms with van der Waals surface area (Å²) in [6.07, 6.45) is 3.14. The molecule has 44 heavy (non-hydrogen) atoms. The number of pyridine rings is 2. The third kappa shape index (κ3) is 8.51. The number of hydrogen-bond acceptors (Lipinski definition) is 7. The van der Waals surface area contributed by atoms with Crippen LogP contribution in [0.3, 0.4) is 0 Å². The van der Waals surface area contributed by atoms with Gasteiger partial charge in [0.1, 0.15) is 17.0 Å². The molecule has 3 amide bonds. The largest absolute Gasteiger partial charge is 0.436 e. The van der Waals surface area contributed by atoms with Crippen LogP contribution in [0.2, 0.25) is 0 Å².